The topological polar surface area (TPSA) is 106 Å². The predicted molar refractivity (Wildman–Crippen MR) is 113 cm³/mol. The smallest absolute Gasteiger partial charge is 0.329 e. The van der Waals surface area contributed by atoms with Crippen LogP contribution < -0.4 is 21.3 Å². The lowest BCUT2D eigenvalue weighted by molar-refractivity contribution is -0.122. The first-order valence-corrected chi connectivity index (χ1v) is 9.64. The molecule has 2 heterocycles. The van der Waals surface area contributed by atoms with Crippen LogP contribution in [0.3, 0.4) is 0 Å². The normalized spacial score (nSPS) is 12.2. The maximum atomic E-state index is 12.6. The molecule has 0 fully saturated rings. The monoisotopic (exact) mass is 407 g/mol. The summed E-state index contributed by atoms with van der Waals surface area (Å²) in [5.74, 6) is 0.704. The van der Waals surface area contributed by atoms with Gasteiger partial charge in [-0.1, -0.05) is 24.3 Å². The number of rotatable bonds is 6. The molecule has 0 saturated carbocycles. The number of benzene rings is 2. The van der Waals surface area contributed by atoms with Crippen molar-refractivity contribution in [2.24, 2.45) is 0 Å². The molecule has 4 aromatic rings. The number of ether oxygens (including phenoxy) is 1. The number of hydrogen-bond donors (Lipinski definition) is 2. The molecule has 0 aliphatic heterocycles. The van der Waals surface area contributed by atoms with Gasteiger partial charge in [0.25, 0.3) is 5.56 Å². The van der Waals surface area contributed by atoms with E-state index >= 15 is 0 Å². The Morgan fingerprint density at radius 3 is 2.80 bits per heavy atom. The highest BCUT2D eigenvalue weighted by Crippen LogP contribution is 2.31. The molecule has 0 aliphatic rings. The van der Waals surface area contributed by atoms with Crippen LogP contribution >= 0.6 is 0 Å². The van der Waals surface area contributed by atoms with Crippen molar-refractivity contribution in [3.63, 3.8) is 0 Å². The minimum atomic E-state index is -0.633. The van der Waals surface area contributed by atoms with E-state index in [0.29, 0.717) is 34.6 Å². The van der Waals surface area contributed by atoms with Crippen LogP contribution in [-0.4, -0.2) is 22.1 Å². The van der Waals surface area contributed by atoms with Crippen LogP contribution in [0.25, 0.3) is 21.9 Å². The van der Waals surface area contributed by atoms with Crippen molar-refractivity contribution >= 4 is 27.8 Å². The van der Waals surface area contributed by atoms with Gasteiger partial charge in [-0.2, -0.15) is 0 Å². The number of carbonyl (C=O) groups excluding carboxylic acids is 1. The minimum absolute atomic E-state index is 0.346. The summed E-state index contributed by atoms with van der Waals surface area (Å²) >= 11 is 0. The highest BCUT2D eigenvalue weighted by molar-refractivity contribution is 5.84. The third kappa shape index (κ3) is 3.59. The fourth-order valence-electron chi connectivity index (χ4n) is 3.38. The van der Waals surface area contributed by atoms with Gasteiger partial charge in [0.1, 0.15) is 12.3 Å². The summed E-state index contributed by atoms with van der Waals surface area (Å²) in [5.41, 5.74) is -0.101. The molecular formula is C22H21N3O5. The molecule has 0 radical (unpaired) electrons. The summed E-state index contributed by atoms with van der Waals surface area (Å²) < 4.78 is 12.4. The Balaban J connectivity index is 1.55. The first kappa shape index (κ1) is 19.5. The van der Waals surface area contributed by atoms with Gasteiger partial charge in [0.2, 0.25) is 5.91 Å². The second-order valence-corrected chi connectivity index (χ2v) is 6.91. The summed E-state index contributed by atoms with van der Waals surface area (Å²) in [6, 6.07) is 13.6. The van der Waals surface area contributed by atoms with Crippen LogP contribution in [0.2, 0.25) is 0 Å². The number of nitrogens with zero attached hydrogens (tertiary/aromatic N) is 1. The van der Waals surface area contributed by atoms with E-state index in [0.717, 1.165) is 9.95 Å². The second kappa shape index (κ2) is 7.90. The molecule has 2 aromatic carbocycles. The molecule has 8 nitrogen and oxygen atoms in total. The maximum absolute atomic E-state index is 12.6. The van der Waals surface area contributed by atoms with Crippen LogP contribution in [0.4, 0.5) is 0 Å². The highest BCUT2D eigenvalue weighted by atomic mass is 16.5. The van der Waals surface area contributed by atoms with Crippen LogP contribution in [0.5, 0.6) is 5.75 Å². The summed E-state index contributed by atoms with van der Waals surface area (Å²) in [5, 5.41) is 3.98. The fraction of sp³-hybridized carbons (Fsp3) is 0.227. The van der Waals surface area contributed by atoms with E-state index in [2.05, 4.69) is 10.3 Å². The number of aromatic amines is 1. The Hall–Kier alpha value is -3.81. The van der Waals surface area contributed by atoms with Gasteiger partial charge in [-0.25, -0.2) is 4.79 Å². The molecule has 30 heavy (non-hydrogen) atoms. The zero-order chi connectivity index (χ0) is 21.3. The number of H-pyrrole nitrogens is 1. The summed E-state index contributed by atoms with van der Waals surface area (Å²) in [6.45, 7) is 3.77. The van der Waals surface area contributed by atoms with Crippen molar-refractivity contribution in [2.75, 3.05) is 6.61 Å². The van der Waals surface area contributed by atoms with Crippen molar-refractivity contribution in [1.29, 1.82) is 0 Å². The molecule has 1 unspecified atom stereocenters. The summed E-state index contributed by atoms with van der Waals surface area (Å²) in [4.78, 5) is 40.0. The quantitative estimate of drug-likeness (QED) is 0.511. The van der Waals surface area contributed by atoms with Crippen molar-refractivity contribution in [3.05, 3.63) is 75.1 Å². The van der Waals surface area contributed by atoms with E-state index in [1.165, 1.54) is 0 Å². The number of amides is 1. The minimum Gasteiger partial charge on any atom is -0.490 e. The largest absolute Gasteiger partial charge is 0.490 e. The molecule has 8 heteroatoms. The van der Waals surface area contributed by atoms with E-state index in [1.54, 1.807) is 31.2 Å². The molecule has 0 spiro atoms. The Kier molecular flexibility index (Phi) is 5.14. The standard InChI is InChI=1S/C22H21N3O5/c1-3-29-17-10-6-7-14-11-18(30-20(14)17)13(2)23-19(26)12-25-21(27)15-8-4-5-9-16(15)24-22(25)28/h4-11,13H,3,12H2,1-2H3,(H,23,26)(H,24,28). The lowest BCUT2D eigenvalue weighted by Crippen LogP contribution is -2.41. The number of aromatic nitrogens is 2. The Morgan fingerprint density at radius 2 is 2.00 bits per heavy atom. The van der Waals surface area contributed by atoms with E-state index in [1.807, 2.05) is 31.2 Å². The zero-order valence-corrected chi connectivity index (χ0v) is 16.6. The van der Waals surface area contributed by atoms with Crippen molar-refractivity contribution in [3.8, 4) is 5.75 Å². The Morgan fingerprint density at radius 1 is 1.20 bits per heavy atom. The van der Waals surface area contributed by atoms with Crippen LogP contribution in [0.15, 0.2) is 62.5 Å². The molecular weight excluding hydrogens is 386 g/mol. The second-order valence-electron chi connectivity index (χ2n) is 6.91. The molecule has 4 rings (SSSR count). The van der Waals surface area contributed by atoms with E-state index < -0.39 is 29.7 Å². The lowest BCUT2D eigenvalue weighted by atomic mass is 10.2. The van der Waals surface area contributed by atoms with Crippen LogP contribution in [0.1, 0.15) is 25.6 Å². The fourth-order valence-corrected chi connectivity index (χ4v) is 3.38. The number of furan rings is 1. The SMILES string of the molecule is CCOc1cccc2cc(C(C)NC(=O)Cn3c(=O)[nH]c4ccccc4c3=O)oc12. The average molecular weight is 407 g/mol. The highest BCUT2D eigenvalue weighted by Gasteiger charge is 2.18. The number of fused-ring (bicyclic) bond motifs is 2. The molecule has 0 bridgehead atoms. The summed E-state index contributed by atoms with van der Waals surface area (Å²) in [7, 11) is 0. The van der Waals surface area contributed by atoms with E-state index in [9.17, 15) is 14.4 Å². The van der Waals surface area contributed by atoms with Gasteiger partial charge >= 0.3 is 5.69 Å². The predicted octanol–water partition coefficient (Wildman–Crippen LogP) is 2.71. The number of hydrogen-bond acceptors (Lipinski definition) is 5. The van der Waals surface area contributed by atoms with Gasteiger partial charge in [0.05, 0.1) is 23.6 Å². The summed E-state index contributed by atoms with van der Waals surface area (Å²) in [6.07, 6.45) is 0. The molecule has 154 valence electrons. The Bertz CT molecular complexity index is 1350. The molecule has 0 aliphatic carbocycles. The molecule has 1 amide bonds. The molecule has 2 N–H and O–H groups in total. The van der Waals surface area contributed by atoms with Crippen molar-refractivity contribution < 1.29 is 13.9 Å². The van der Waals surface area contributed by atoms with Gasteiger partial charge in [-0.3, -0.25) is 14.2 Å². The van der Waals surface area contributed by atoms with Crippen molar-refractivity contribution in [1.82, 2.24) is 14.9 Å². The number of para-hydroxylation sites is 2. The van der Waals surface area contributed by atoms with Gasteiger partial charge in [0, 0.05) is 5.39 Å². The zero-order valence-electron chi connectivity index (χ0n) is 16.6. The number of carbonyl (C=O) groups is 1. The molecule has 2 aromatic heterocycles. The lowest BCUT2D eigenvalue weighted by Gasteiger charge is -2.12. The van der Waals surface area contributed by atoms with Crippen LogP contribution in [-0.2, 0) is 11.3 Å². The van der Waals surface area contributed by atoms with Gasteiger partial charge in [0.15, 0.2) is 11.3 Å². The van der Waals surface area contributed by atoms with Crippen LogP contribution in [0, 0.1) is 0 Å². The Labute approximate surface area is 171 Å². The van der Waals surface area contributed by atoms with Gasteiger partial charge in [-0.15, -0.1) is 0 Å². The van der Waals surface area contributed by atoms with Crippen molar-refractivity contribution in [2.45, 2.75) is 26.4 Å². The third-order valence-electron chi connectivity index (χ3n) is 4.82. The van der Waals surface area contributed by atoms with Gasteiger partial charge in [-0.05, 0) is 38.1 Å². The maximum Gasteiger partial charge on any atom is 0.329 e. The van der Waals surface area contributed by atoms with E-state index in [-0.39, 0.29) is 0 Å². The first-order valence-electron chi connectivity index (χ1n) is 9.64. The molecule has 1 atom stereocenters. The molecule has 0 saturated heterocycles. The third-order valence-corrected chi connectivity index (χ3v) is 4.82. The van der Waals surface area contributed by atoms with Gasteiger partial charge < -0.3 is 19.5 Å². The first-order chi connectivity index (χ1) is 14.5. The average Bonchev–Trinajstić information content (AvgIpc) is 3.17. The number of nitrogens with one attached hydrogen (secondary N) is 2. The van der Waals surface area contributed by atoms with E-state index in [4.69, 9.17) is 9.15 Å².